The lowest BCUT2D eigenvalue weighted by Crippen LogP contribution is -2.44. The van der Waals surface area contributed by atoms with Crippen LogP contribution in [-0.2, 0) is 0 Å². The van der Waals surface area contributed by atoms with Crippen LogP contribution in [0.3, 0.4) is 0 Å². The highest BCUT2D eigenvalue weighted by Crippen LogP contribution is 2.48. The summed E-state index contributed by atoms with van der Waals surface area (Å²) in [6, 6.07) is 3.65. The molecule has 4 N–H and O–H groups in total. The van der Waals surface area contributed by atoms with Crippen LogP contribution >= 0.6 is 22.2 Å². The zero-order chi connectivity index (χ0) is 18.4. The molecule has 0 radical (unpaired) electrons. The minimum absolute atomic E-state index is 0.220. The van der Waals surface area contributed by atoms with E-state index in [1.54, 1.807) is 16.8 Å². The first-order chi connectivity index (χ1) is 11.8. The van der Waals surface area contributed by atoms with Crippen molar-refractivity contribution in [3.05, 3.63) is 28.7 Å². The van der Waals surface area contributed by atoms with Gasteiger partial charge in [-0.15, -0.1) is 0 Å². The SMILES string of the molecule is CCC(N)c1cc(Cl)c2c(C#N)ncn2c1N1CCS(O)(O)C(C)C1. The number of fused-ring (bicyclic) bond motifs is 1. The van der Waals surface area contributed by atoms with E-state index in [0.717, 1.165) is 17.8 Å². The number of nitriles is 1. The van der Waals surface area contributed by atoms with Gasteiger partial charge in [0.05, 0.1) is 16.0 Å². The van der Waals surface area contributed by atoms with Gasteiger partial charge >= 0.3 is 0 Å². The van der Waals surface area contributed by atoms with Gasteiger partial charge in [-0.2, -0.15) is 15.9 Å². The molecule has 3 heterocycles. The van der Waals surface area contributed by atoms with E-state index in [9.17, 15) is 14.4 Å². The first kappa shape index (κ1) is 18.3. The summed E-state index contributed by atoms with van der Waals surface area (Å²) in [6.45, 7) is 4.81. The van der Waals surface area contributed by atoms with E-state index < -0.39 is 10.6 Å². The summed E-state index contributed by atoms with van der Waals surface area (Å²) in [7, 11) is -2.58. The molecule has 0 amide bonds. The molecule has 1 aliphatic heterocycles. The Bertz CT molecular complexity index is 847. The third kappa shape index (κ3) is 3.07. The van der Waals surface area contributed by atoms with Gasteiger partial charge in [0, 0.05) is 24.7 Å². The quantitative estimate of drug-likeness (QED) is 0.750. The molecule has 1 fully saturated rings. The molecule has 0 aliphatic carbocycles. The van der Waals surface area contributed by atoms with E-state index >= 15 is 0 Å². The second kappa shape index (κ2) is 6.67. The molecule has 2 aromatic rings. The van der Waals surface area contributed by atoms with Crippen LogP contribution in [0, 0.1) is 11.3 Å². The van der Waals surface area contributed by atoms with Crippen LogP contribution in [0.2, 0.25) is 5.02 Å². The second-order valence-corrected chi connectivity index (χ2v) is 9.44. The van der Waals surface area contributed by atoms with Crippen molar-refractivity contribution in [2.45, 2.75) is 31.6 Å². The maximum atomic E-state index is 10.1. The molecule has 2 aromatic heterocycles. The van der Waals surface area contributed by atoms with Gasteiger partial charge in [-0.05, 0) is 19.4 Å². The molecule has 0 aromatic carbocycles. The number of aromatic nitrogens is 2. The second-order valence-electron chi connectivity index (χ2n) is 6.39. The molecule has 9 heteroatoms. The van der Waals surface area contributed by atoms with Crippen LogP contribution < -0.4 is 10.6 Å². The molecule has 0 bridgehead atoms. The average molecular weight is 384 g/mol. The van der Waals surface area contributed by atoms with Gasteiger partial charge in [-0.1, -0.05) is 18.5 Å². The van der Waals surface area contributed by atoms with Crippen LogP contribution in [0.1, 0.15) is 37.6 Å². The van der Waals surface area contributed by atoms with Gasteiger partial charge in [-0.3, -0.25) is 13.5 Å². The number of halogens is 1. The fourth-order valence-electron chi connectivity index (χ4n) is 3.21. The van der Waals surface area contributed by atoms with Gasteiger partial charge in [0.2, 0.25) is 0 Å². The van der Waals surface area contributed by atoms with Gasteiger partial charge in [0.15, 0.2) is 5.69 Å². The Morgan fingerprint density at radius 1 is 1.56 bits per heavy atom. The Morgan fingerprint density at radius 2 is 2.28 bits per heavy atom. The Balaban J connectivity index is 2.20. The fraction of sp³-hybridized carbons (Fsp3) is 0.500. The highest BCUT2D eigenvalue weighted by atomic mass is 35.5. The number of pyridine rings is 1. The van der Waals surface area contributed by atoms with Crippen LogP contribution in [0.5, 0.6) is 0 Å². The number of imidazole rings is 1. The summed E-state index contributed by atoms with van der Waals surface area (Å²) in [5, 5.41) is 9.48. The molecule has 3 rings (SSSR count). The molecule has 1 saturated heterocycles. The minimum atomic E-state index is -2.58. The maximum Gasteiger partial charge on any atom is 0.167 e. The van der Waals surface area contributed by atoms with Crippen LogP contribution in [-0.4, -0.2) is 42.6 Å². The Hall–Kier alpha value is -1.50. The van der Waals surface area contributed by atoms with Crippen molar-refractivity contribution < 1.29 is 9.11 Å². The summed E-state index contributed by atoms with van der Waals surface area (Å²) in [5.74, 6) is 1.13. The summed E-state index contributed by atoms with van der Waals surface area (Å²) in [4.78, 5) is 6.24. The molecule has 0 saturated carbocycles. The van der Waals surface area contributed by atoms with Crippen LogP contribution in [0.25, 0.3) is 5.52 Å². The molecule has 136 valence electrons. The van der Waals surface area contributed by atoms with E-state index in [-0.39, 0.29) is 17.0 Å². The molecular weight excluding hydrogens is 362 g/mol. The smallest absolute Gasteiger partial charge is 0.167 e. The lowest BCUT2D eigenvalue weighted by Gasteiger charge is -2.47. The Kier molecular flexibility index (Phi) is 4.88. The number of nitrogens with two attached hydrogens (primary N) is 1. The van der Waals surface area contributed by atoms with Gasteiger partial charge in [0.1, 0.15) is 23.7 Å². The van der Waals surface area contributed by atoms with E-state index in [0.29, 0.717) is 29.4 Å². The number of nitrogens with zero attached hydrogens (tertiary/aromatic N) is 4. The normalized spacial score (nSPS) is 22.6. The standard InChI is InChI=1S/C16H22ClN5O2S/c1-3-13(19)11-6-12(17)15-14(7-18)20-9-22(15)16(11)21-4-5-25(23,24)10(2)8-21/h6,9-10,13,23-24H,3-5,8,19H2,1-2H3. The zero-order valence-electron chi connectivity index (χ0n) is 14.2. The Labute approximate surface area is 153 Å². The van der Waals surface area contributed by atoms with E-state index in [2.05, 4.69) is 16.0 Å². The predicted molar refractivity (Wildman–Crippen MR) is 102 cm³/mol. The van der Waals surface area contributed by atoms with Crippen molar-refractivity contribution in [2.24, 2.45) is 5.73 Å². The Morgan fingerprint density at radius 3 is 2.88 bits per heavy atom. The highest BCUT2D eigenvalue weighted by molar-refractivity contribution is 8.24. The van der Waals surface area contributed by atoms with Crippen molar-refractivity contribution in [3.63, 3.8) is 0 Å². The predicted octanol–water partition coefficient (Wildman–Crippen LogP) is 3.23. The first-order valence-corrected chi connectivity index (χ1v) is 10.3. The first-order valence-electron chi connectivity index (χ1n) is 8.15. The number of rotatable bonds is 3. The lowest BCUT2D eigenvalue weighted by atomic mass is 10.0. The average Bonchev–Trinajstić information content (AvgIpc) is 3.01. The molecule has 0 spiro atoms. The lowest BCUT2D eigenvalue weighted by molar-refractivity contribution is 0.461. The number of hydrogen-bond acceptors (Lipinski definition) is 6. The van der Waals surface area contributed by atoms with Gasteiger partial charge in [-0.25, -0.2) is 4.98 Å². The van der Waals surface area contributed by atoms with Gasteiger partial charge < -0.3 is 10.6 Å². The van der Waals surface area contributed by atoms with Crippen molar-refractivity contribution in [2.75, 3.05) is 23.7 Å². The summed E-state index contributed by atoms with van der Waals surface area (Å²) < 4.78 is 22.1. The minimum Gasteiger partial charge on any atom is -0.354 e. The fourth-order valence-corrected chi connectivity index (χ4v) is 4.82. The summed E-state index contributed by atoms with van der Waals surface area (Å²) >= 11 is 6.41. The zero-order valence-corrected chi connectivity index (χ0v) is 15.8. The van der Waals surface area contributed by atoms with E-state index in [1.165, 1.54) is 0 Å². The molecule has 25 heavy (non-hydrogen) atoms. The third-order valence-electron chi connectivity index (χ3n) is 4.79. The molecule has 7 nitrogen and oxygen atoms in total. The van der Waals surface area contributed by atoms with Gasteiger partial charge in [0.25, 0.3) is 0 Å². The monoisotopic (exact) mass is 383 g/mol. The summed E-state index contributed by atoms with van der Waals surface area (Å²) in [6.07, 6.45) is 2.31. The number of anilines is 1. The number of hydrogen-bond donors (Lipinski definition) is 3. The third-order valence-corrected chi connectivity index (χ3v) is 7.30. The van der Waals surface area contributed by atoms with Crippen molar-refractivity contribution in [1.82, 2.24) is 9.38 Å². The van der Waals surface area contributed by atoms with Crippen molar-refractivity contribution in [3.8, 4) is 6.07 Å². The molecule has 1 aliphatic rings. The molecular formula is C16H22ClN5O2S. The van der Waals surface area contributed by atoms with E-state index in [4.69, 9.17) is 17.3 Å². The summed E-state index contributed by atoms with van der Waals surface area (Å²) in [5.41, 5.74) is 7.99. The van der Waals surface area contributed by atoms with Crippen LogP contribution in [0.15, 0.2) is 12.4 Å². The topological polar surface area (TPSA) is 111 Å². The largest absolute Gasteiger partial charge is 0.354 e. The molecule has 2 atom stereocenters. The van der Waals surface area contributed by atoms with Crippen LogP contribution in [0.4, 0.5) is 5.82 Å². The maximum absolute atomic E-state index is 10.1. The van der Waals surface area contributed by atoms with Crippen molar-refractivity contribution in [1.29, 1.82) is 5.26 Å². The highest BCUT2D eigenvalue weighted by Gasteiger charge is 2.32. The van der Waals surface area contributed by atoms with Crippen molar-refractivity contribution >= 4 is 33.5 Å². The molecule has 2 unspecified atom stereocenters. The van der Waals surface area contributed by atoms with E-state index in [1.807, 2.05) is 13.8 Å².